The van der Waals surface area contributed by atoms with E-state index in [2.05, 4.69) is 5.32 Å². The van der Waals surface area contributed by atoms with E-state index in [1.165, 1.54) is 6.07 Å². The quantitative estimate of drug-likeness (QED) is 0.680. The van der Waals surface area contributed by atoms with Gasteiger partial charge in [0, 0.05) is 4.88 Å². The second kappa shape index (κ2) is 5.50. The smallest absolute Gasteiger partial charge is 0.309 e. The Morgan fingerprint density at radius 1 is 1.42 bits per heavy atom. The number of nitrogens with zero attached hydrogens (tertiary/aromatic N) is 2. The summed E-state index contributed by atoms with van der Waals surface area (Å²) in [5.74, 6) is 0. The average molecular weight is 273 g/mol. The van der Waals surface area contributed by atoms with Gasteiger partial charge in [-0.2, -0.15) is 5.26 Å². The van der Waals surface area contributed by atoms with Gasteiger partial charge in [0.2, 0.25) is 0 Å². The fraction of sp³-hybridized carbons (Fsp3) is 0.154. The molecule has 0 fully saturated rings. The van der Waals surface area contributed by atoms with Gasteiger partial charge in [-0.15, -0.1) is 11.3 Å². The number of rotatable bonds is 4. The van der Waals surface area contributed by atoms with Crippen LogP contribution in [0.3, 0.4) is 0 Å². The lowest BCUT2D eigenvalue weighted by Gasteiger charge is -2.14. The molecule has 96 valence electrons. The number of anilines is 1. The van der Waals surface area contributed by atoms with Crippen LogP contribution in [-0.4, -0.2) is 4.92 Å². The van der Waals surface area contributed by atoms with E-state index in [1.807, 2.05) is 30.5 Å². The normalized spacial score (nSPS) is 11.6. The van der Waals surface area contributed by atoms with Crippen LogP contribution in [0.1, 0.15) is 23.4 Å². The van der Waals surface area contributed by atoms with Crippen LogP contribution in [0.4, 0.5) is 11.4 Å². The highest BCUT2D eigenvalue weighted by molar-refractivity contribution is 7.10. The zero-order chi connectivity index (χ0) is 13.8. The molecule has 0 bridgehead atoms. The summed E-state index contributed by atoms with van der Waals surface area (Å²) in [6, 6.07) is 10.4. The van der Waals surface area contributed by atoms with E-state index in [0.29, 0.717) is 5.69 Å². The van der Waals surface area contributed by atoms with Gasteiger partial charge in [0.25, 0.3) is 0 Å². The molecule has 19 heavy (non-hydrogen) atoms. The zero-order valence-corrected chi connectivity index (χ0v) is 11.0. The minimum Gasteiger partial charge on any atom is -0.372 e. The Morgan fingerprint density at radius 2 is 2.21 bits per heavy atom. The van der Waals surface area contributed by atoms with Crippen LogP contribution >= 0.6 is 11.3 Å². The highest BCUT2D eigenvalue weighted by Gasteiger charge is 2.21. The van der Waals surface area contributed by atoms with E-state index in [1.54, 1.807) is 23.5 Å². The number of thiophene rings is 1. The Hall–Kier alpha value is -2.39. The van der Waals surface area contributed by atoms with Gasteiger partial charge >= 0.3 is 5.69 Å². The number of hydrogen-bond acceptors (Lipinski definition) is 5. The number of nitro benzene ring substituents is 1. The van der Waals surface area contributed by atoms with Crippen LogP contribution in [0.5, 0.6) is 0 Å². The van der Waals surface area contributed by atoms with Crippen molar-refractivity contribution in [3.63, 3.8) is 0 Å². The Labute approximate surface area is 114 Å². The van der Waals surface area contributed by atoms with Gasteiger partial charge in [-0.25, -0.2) is 0 Å². The number of nitriles is 1. The molecule has 0 spiro atoms. The molecule has 0 radical (unpaired) electrons. The molecule has 6 heteroatoms. The number of nitro groups is 1. The molecule has 1 aromatic heterocycles. The van der Waals surface area contributed by atoms with Crippen LogP contribution in [0.2, 0.25) is 0 Å². The molecule has 2 aromatic rings. The highest BCUT2D eigenvalue weighted by Crippen LogP contribution is 2.31. The third-order valence-corrected chi connectivity index (χ3v) is 3.74. The van der Waals surface area contributed by atoms with Crippen molar-refractivity contribution in [1.29, 1.82) is 5.26 Å². The monoisotopic (exact) mass is 273 g/mol. The molecule has 0 saturated heterocycles. The summed E-state index contributed by atoms with van der Waals surface area (Å²) < 4.78 is 0. The summed E-state index contributed by atoms with van der Waals surface area (Å²) >= 11 is 1.58. The maximum atomic E-state index is 11.1. The molecule has 2 rings (SSSR count). The lowest BCUT2D eigenvalue weighted by Crippen LogP contribution is -2.07. The van der Waals surface area contributed by atoms with Gasteiger partial charge in [0.05, 0.1) is 11.0 Å². The molecule has 5 nitrogen and oxygen atoms in total. The Morgan fingerprint density at radius 3 is 2.79 bits per heavy atom. The summed E-state index contributed by atoms with van der Waals surface area (Å²) in [5, 5.41) is 25.1. The van der Waals surface area contributed by atoms with Crippen LogP contribution in [0.25, 0.3) is 0 Å². The highest BCUT2D eigenvalue weighted by atomic mass is 32.1. The summed E-state index contributed by atoms with van der Waals surface area (Å²) in [6.07, 6.45) is 0. The number of nitrogens with one attached hydrogen (secondary N) is 1. The van der Waals surface area contributed by atoms with Crippen LogP contribution < -0.4 is 5.32 Å². The number of hydrogen-bond donors (Lipinski definition) is 1. The third kappa shape index (κ3) is 2.72. The van der Waals surface area contributed by atoms with Crippen LogP contribution in [-0.2, 0) is 0 Å². The van der Waals surface area contributed by atoms with Crippen molar-refractivity contribution < 1.29 is 4.92 Å². The van der Waals surface area contributed by atoms with Gasteiger partial charge in [0.1, 0.15) is 17.3 Å². The molecular weight excluding hydrogens is 262 g/mol. The van der Waals surface area contributed by atoms with Crippen molar-refractivity contribution in [2.24, 2.45) is 0 Å². The van der Waals surface area contributed by atoms with Crippen molar-refractivity contribution in [3.8, 4) is 6.07 Å². The van der Waals surface area contributed by atoms with E-state index in [0.717, 1.165) is 4.88 Å². The van der Waals surface area contributed by atoms with E-state index < -0.39 is 4.92 Å². The minimum absolute atomic E-state index is 0.0485. The van der Waals surface area contributed by atoms with Gasteiger partial charge in [-0.05, 0) is 30.5 Å². The predicted molar refractivity (Wildman–Crippen MR) is 74.2 cm³/mol. The molecule has 0 amide bonds. The molecule has 1 atom stereocenters. The summed E-state index contributed by atoms with van der Waals surface area (Å²) in [6.45, 7) is 1.93. The van der Waals surface area contributed by atoms with E-state index >= 15 is 0 Å². The lowest BCUT2D eigenvalue weighted by atomic mass is 10.1. The van der Waals surface area contributed by atoms with Crippen molar-refractivity contribution in [3.05, 3.63) is 56.3 Å². The Kier molecular flexibility index (Phi) is 3.78. The fourth-order valence-corrected chi connectivity index (χ4v) is 2.52. The third-order valence-electron chi connectivity index (χ3n) is 2.68. The second-order valence-electron chi connectivity index (χ2n) is 3.95. The SMILES string of the molecule is CC(Nc1cccc(C#N)c1[N+](=O)[O-])c1cccs1. The number of para-hydroxylation sites is 1. The molecular formula is C13H11N3O2S. The second-order valence-corrected chi connectivity index (χ2v) is 4.93. The van der Waals surface area contributed by atoms with E-state index in [9.17, 15) is 10.1 Å². The largest absolute Gasteiger partial charge is 0.372 e. The fourth-order valence-electron chi connectivity index (χ4n) is 1.79. The Bertz CT molecular complexity index is 632. The molecule has 0 aliphatic heterocycles. The molecule has 1 unspecified atom stereocenters. The van der Waals surface area contributed by atoms with Gasteiger partial charge in [0.15, 0.2) is 0 Å². The summed E-state index contributed by atoms with van der Waals surface area (Å²) in [7, 11) is 0. The molecule has 1 aromatic carbocycles. The maximum Gasteiger partial charge on any atom is 0.309 e. The number of benzene rings is 1. The van der Waals surface area contributed by atoms with Crippen molar-refractivity contribution >= 4 is 22.7 Å². The van der Waals surface area contributed by atoms with Gasteiger partial charge in [-0.3, -0.25) is 10.1 Å². The van der Waals surface area contributed by atoms with Crippen LogP contribution in [0, 0.1) is 21.4 Å². The van der Waals surface area contributed by atoms with Crippen LogP contribution in [0.15, 0.2) is 35.7 Å². The zero-order valence-electron chi connectivity index (χ0n) is 10.2. The lowest BCUT2D eigenvalue weighted by molar-refractivity contribution is -0.384. The molecule has 0 saturated carbocycles. The first-order valence-corrected chi connectivity index (χ1v) is 6.49. The summed E-state index contributed by atoms with van der Waals surface area (Å²) in [5.41, 5.74) is 0.256. The Balaban J connectivity index is 2.35. The van der Waals surface area contributed by atoms with E-state index in [-0.39, 0.29) is 17.3 Å². The minimum atomic E-state index is -0.526. The molecule has 0 aliphatic rings. The average Bonchev–Trinajstić information content (AvgIpc) is 2.92. The van der Waals surface area contributed by atoms with Crippen molar-refractivity contribution in [2.75, 3.05) is 5.32 Å². The molecule has 0 aliphatic carbocycles. The standard InChI is InChI=1S/C13H11N3O2S/c1-9(12-6-3-7-19-12)15-11-5-2-4-10(8-14)13(11)16(17)18/h2-7,9,15H,1H3. The van der Waals surface area contributed by atoms with Crippen molar-refractivity contribution in [1.82, 2.24) is 0 Å². The van der Waals surface area contributed by atoms with Gasteiger partial charge < -0.3 is 5.32 Å². The maximum absolute atomic E-state index is 11.1. The first kappa shape index (κ1) is 13.1. The first-order valence-electron chi connectivity index (χ1n) is 5.61. The topological polar surface area (TPSA) is 79.0 Å². The summed E-state index contributed by atoms with van der Waals surface area (Å²) in [4.78, 5) is 11.6. The molecule has 1 N–H and O–H groups in total. The molecule has 1 heterocycles. The first-order chi connectivity index (χ1) is 9.13. The van der Waals surface area contributed by atoms with E-state index in [4.69, 9.17) is 5.26 Å². The van der Waals surface area contributed by atoms with Gasteiger partial charge in [-0.1, -0.05) is 12.1 Å². The predicted octanol–water partition coefficient (Wildman–Crippen LogP) is 3.70. The van der Waals surface area contributed by atoms with Crippen molar-refractivity contribution in [2.45, 2.75) is 13.0 Å².